The number of hydrogen-bond donors (Lipinski definition) is 1. The van der Waals surface area contributed by atoms with Crippen molar-refractivity contribution in [2.45, 2.75) is 6.42 Å². The Morgan fingerprint density at radius 3 is 2.35 bits per heavy atom. The number of hydrogen-bond acceptors (Lipinski definition) is 3. The van der Waals surface area contributed by atoms with Crippen LogP contribution in [0.1, 0.15) is 6.42 Å². The molecule has 17 heavy (non-hydrogen) atoms. The van der Waals surface area contributed by atoms with Gasteiger partial charge in [0.25, 0.3) is 0 Å². The lowest BCUT2D eigenvalue weighted by molar-refractivity contribution is -0.145. The first-order valence-corrected chi connectivity index (χ1v) is 5.65. The van der Waals surface area contributed by atoms with Crippen LogP contribution in [0.25, 0.3) is 0 Å². The summed E-state index contributed by atoms with van der Waals surface area (Å²) in [5.74, 6) is -3.68. The van der Waals surface area contributed by atoms with Crippen LogP contribution in [0.3, 0.4) is 0 Å². The molecule has 1 aliphatic rings. The van der Waals surface area contributed by atoms with Crippen LogP contribution < -0.4 is 4.90 Å². The van der Waals surface area contributed by atoms with E-state index in [4.69, 9.17) is 5.11 Å². The Hall–Kier alpha value is -1.69. The maximum atomic E-state index is 11.8. The molecular weight excluding hydrogens is 290 g/mol. The van der Waals surface area contributed by atoms with Crippen LogP contribution in [0.5, 0.6) is 0 Å². The molecule has 0 saturated carbocycles. The summed E-state index contributed by atoms with van der Waals surface area (Å²) in [7, 11) is 0. The summed E-state index contributed by atoms with van der Waals surface area (Å²) >= 11 is 3.24. The molecule has 0 aromatic heterocycles. The molecule has 0 spiro atoms. The van der Waals surface area contributed by atoms with E-state index in [9.17, 15) is 14.4 Å². The molecule has 6 heteroatoms. The first-order valence-electron chi connectivity index (χ1n) is 4.86. The van der Waals surface area contributed by atoms with Gasteiger partial charge in [0.05, 0.1) is 5.69 Å². The van der Waals surface area contributed by atoms with Crippen LogP contribution in [0.4, 0.5) is 5.69 Å². The Labute approximate surface area is 105 Å². The summed E-state index contributed by atoms with van der Waals surface area (Å²) in [6.07, 6.45) is -0.274. The quantitative estimate of drug-likeness (QED) is 0.662. The molecule has 5 nitrogen and oxygen atoms in total. The zero-order chi connectivity index (χ0) is 12.6. The van der Waals surface area contributed by atoms with E-state index in [1.807, 2.05) is 0 Å². The highest BCUT2D eigenvalue weighted by Gasteiger charge is 2.43. The second-order valence-electron chi connectivity index (χ2n) is 3.64. The van der Waals surface area contributed by atoms with Gasteiger partial charge in [-0.2, -0.15) is 0 Å². The standard InChI is InChI=1S/C11H8BrNO4/c12-6-1-3-7(4-2-6)13-9(14)5-8(10(13)15)11(16)17/h1-4,8H,5H2,(H,16,17)/t8-/m1/s1. The number of benzene rings is 1. The van der Waals surface area contributed by atoms with Crippen LogP contribution in [0.15, 0.2) is 28.7 Å². The minimum Gasteiger partial charge on any atom is -0.481 e. The third-order valence-corrected chi connectivity index (χ3v) is 3.06. The van der Waals surface area contributed by atoms with Gasteiger partial charge in [-0.05, 0) is 24.3 Å². The minimum atomic E-state index is -1.26. The molecule has 1 aromatic carbocycles. The summed E-state index contributed by atoms with van der Waals surface area (Å²) in [6, 6.07) is 6.54. The average Bonchev–Trinajstić information content (AvgIpc) is 2.56. The molecule has 1 aliphatic heterocycles. The van der Waals surface area contributed by atoms with E-state index in [2.05, 4.69) is 15.9 Å². The van der Waals surface area contributed by atoms with Gasteiger partial charge in [-0.3, -0.25) is 14.4 Å². The number of carbonyl (C=O) groups excluding carboxylic acids is 2. The molecule has 1 N–H and O–H groups in total. The van der Waals surface area contributed by atoms with Crippen molar-refractivity contribution in [1.29, 1.82) is 0 Å². The number of rotatable bonds is 2. The highest BCUT2D eigenvalue weighted by molar-refractivity contribution is 9.10. The van der Waals surface area contributed by atoms with Gasteiger partial charge in [-0.1, -0.05) is 15.9 Å². The molecule has 2 rings (SSSR count). The van der Waals surface area contributed by atoms with E-state index in [1.54, 1.807) is 24.3 Å². The fourth-order valence-electron chi connectivity index (χ4n) is 1.69. The average molecular weight is 298 g/mol. The summed E-state index contributed by atoms with van der Waals surface area (Å²) in [4.78, 5) is 35.1. The minimum absolute atomic E-state index is 0.274. The Kier molecular flexibility index (Phi) is 2.97. The Morgan fingerprint density at radius 1 is 1.29 bits per heavy atom. The van der Waals surface area contributed by atoms with Gasteiger partial charge >= 0.3 is 5.97 Å². The molecule has 0 bridgehead atoms. The van der Waals surface area contributed by atoms with E-state index in [0.717, 1.165) is 9.37 Å². The number of anilines is 1. The van der Waals surface area contributed by atoms with Crippen molar-refractivity contribution in [1.82, 2.24) is 0 Å². The number of carboxylic acids is 1. The van der Waals surface area contributed by atoms with Crippen molar-refractivity contribution < 1.29 is 19.5 Å². The lowest BCUT2D eigenvalue weighted by atomic mass is 10.1. The van der Waals surface area contributed by atoms with Crippen molar-refractivity contribution in [3.63, 3.8) is 0 Å². The number of halogens is 1. The molecule has 0 radical (unpaired) electrons. The molecule has 2 amide bonds. The molecule has 88 valence electrons. The van der Waals surface area contributed by atoms with Gasteiger partial charge in [0, 0.05) is 10.9 Å². The fourth-order valence-corrected chi connectivity index (χ4v) is 1.95. The van der Waals surface area contributed by atoms with E-state index in [-0.39, 0.29) is 6.42 Å². The molecule has 1 atom stereocenters. The van der Waals surface area contributed by atoms with E-state index in [0.29, 0.717) is 5.69 Å². The van der Waals surface area contributed by atoms with Crippen LogP contribution in [-0.2, 0) is 14.4 Å². The van der Waals surface area contributed by atoms with Crippen LogP contribution >= 0.6 is 15.9 Å². The fraction of sp³-hybridized carbons (Fsp3) is 0.182. The van der Waals surface area contributed by atoms with E-state index in [1.165, 1.54) is 0 Å². The molecular formula is C11H8BrNO4. The number of carboxylic acid groups (broad SMARTS) is 1. The van der Waals surface area contributed by atoms with Crippen molar-refractivity contribution in [3.8, 4) is 0 Å². The maximum Gasteiger partial charge on any atom is 0.316 e. The molecule has 1 aromatic rings. The largest absolute Gasteiger partial charge is 0.481 e. The lowest BCUT2D eigenvalue weighted by Gasteiger charge is -2.14. The van der Waals surface area contributed by atoms with Gasteiger partial charge in [0.1, 0.15) is 5.92 Å². The second kappa shape index (κ2) is 4.29. The van der Waals surface area contributed by atoms with Crippen molar-refractivity contribution in [3.05, 3.63) is 28.7 Å². The van der Waals surface area contributed by atoms with Crippen LogP contribution in [-0.4, -0.2) is 22.9 Å². The smallest absolute Gasteiger partial charge is 0.316 e. The number of carbonyl (C=O) groups is 3. The highest BCUT2D eigenvalue weighted by Crippen LogP contribution is 2.27. The van der Waals surface area contributed by atoms with Gasteiger partial charge in [-0.25, -0.2) is 4.90 Å². The Bertz CT molecular complexity index is 497. The SMILES string of the molecule is O=C(O)[C@@H]1CC(=O)N(c2ccc(Br)cc2)C1=O. The first kappa shape index (κ1) is 11.8. The van der Waals surface area contributed by atoms with E-state index < -0.39 is 23.7 Å². The highest BCUT2D eigenvalue weighted by atomic mass is 79.9. The summed E-state index contributed by atoms with van der Waals surface area (Å²) < 4.78 is 0.815. The first-order chi connectivity index (χ1) is 8.00. The van der Waals surface area contributed by atoms with Crippen LogP contribution in [0, 0.1) is 5.92 Å². The number of nitrogens with zero attached hydrogens (tertiary/aromatic N) is 1. The van der Waals surface area contributed by atoms with Gasteiger partial charge in [0.2, 0.25) is 11.8 Å². The zero-order valence-electron chi connectivity index (χ0n) is 8.59. The molecule has 1 heterocycles. The van der Waals surface area contributed by atoms with E-state index >= 15 is 0 Å². The lowest BCUT2D eigenvalue weighted by Crippen LogP contribution is -2.32. The second-order valence-corrected chi connectivity index (χ2v) is 4.55. The molecule has 0 unspecified atom stereocenters. The summed E-state index contributed by atoms with van der Waals surface area (Å²) in [5, 5.41) is 8.80. The Morgan fingerprint density at radius 2 is 1.88 bits per heavy atom. The predicted octanol–water partition coefficient (Wildman–Crippen LogP) is 1.41. The topological polar surface area (TPSA) is 74.7 Å². The van der Waals surface area contributed by atoms with Crippen molar-refractivity contribution in [2.75, 3.05) is 4.90 Å². The third-order valence-electron chi connectivity index (χ3n) is 2.53. The molecule has 1 saturated heterocycles. The van der Waals surface area contributed by atoms with Gasteiger partial charge < -0.3 is 5.11 Å². The normalized spacial score (nSPS) is 19.8. The van der Waals surface area contributed by atoms with Crippen LogP contribution in [0.2, 0.25) is 0 Å². The summed E-state index contributed by atoms with van der Waals surface area (Å²) in [5.41, 5.74) is 0.395. The van der Waals surface area contributed by atoms with Crippen molar-refractivity contribution >= 4 is 39.4 Å². The predicted molar refractivity (Wildman–Crippen MR) is 62.4 cm³/mol. The zero-order valence-corrected chi connectivity index (χ0v) is 10.2. The third kappa shape index (κ3) is 2.08. The van der Waals surface area contributed by atoms with Crippen molar-refractivity contribution in [2.24, 2.45) is 5.92 Å². The van der Waals surface area contributed by atoms with Gasteiger partial charge in [-0.15, -0.1) is 0 Å². The molecule has 0 aliphatic carbocycles. The number of aliphatic carboxylic acids is 1. The maximum absolute atomic E-state index is 11.8. The van der Waals surface area contributed by atoms with Gasteiger partial charge in [0.15, 0.2) is 0 Å². The Balaban J connectivity index is 2.33. The molecule has 1 fully saturated rings. The number of amides is 2. The summed E-state index contributed by atoms with van der Waals surface area (Å²) in [6.45, 7) is 0. The number of imide groups is 1. The monoisotopic (exact) mass is 297 g/mol.